The summed E-state index contributed by atoms with van der Waals surface area (Å²) in [6, 6.07) is 16.1. The van der Waals surface area contributed by atoms with Gasteiger partial charge in [-0.2, -0.15) is 0 Å². The lowest BCUT2D eigenvalue weighted by Crippen LogP contribution is -2.54. The molecule has 0 N–H and O–H groups in total. The molecule has 0 unspecified atom stereocenters. The molecule has 51 heavy (non-hydrogen) atoms. The molecule has 2 aliphatic heterocycles. The molecule has 2 atom stereocenters. The molecule has 0 bridgehead atoms. The number of benzene rings is 3. The van der Waals surface area contributed by atoms with Gasteiger partial charge < -0.3 is 14.5 Å². The Labute approximate surface area is 311 Å². The molecular formula is C35H44Cl2N6O6S2. The van der Waals surface area contributed by atoms with Crippen LogP contribution in [0.2, 0.25) is 10.0 Å². The van der Waals surface area contributed by atoms with E-state index >= 15 is 0 Å². The number of sulfone groups is 1. The molecule has 2 aliphatic rings. The van der Waals surface area contributed by atoms with Gasteiger partial charge in [0.15, 0.2) is 0 Å². The average molecular weight is 780 g/mol. The van der Waals surface area contributed by atoms with Crippen molar-refractivity contribution in [3.63, 3.8) is 0 Å². The third-order valence-corrected chi connectivity index (χ3v) is 12.2. The van der Waals surface area contributed by atoms with Crippen LogP contribution in [-0.2, 0) is 19.9 Å². The largest absolute Gasteiger partial charge is 0.493 e. The Balaban J connectivity index is 1.71. The van der Waals surface area contributed by atoms with Crippen molar-refractivity contribution in [3.05, 3.63) is 87.4 Å². The second-order valence-electron chi connectivity index (χ2n) is 13.0. The fraction of sp³-hybridized carbons (Fsp3) is 0.429. The number of amidine groups is 1. The molecule has 5 rings (SSSR count). The summed E-state index contributed by atoms with van der Waals surface area (Å²) in [5.41, 5.74) is 2.32. The second kappa shape index (κ2) is 15.7. The highest BCUT2D eigenvalue weighted by Gasteiger charge is 2.45. The van der Waals surface area contributed by atoms with Gasteiger partial charge in [0.05, 0.1) is 29.7 Å². The number of sulfonamides is 1. The zero-order chi connectivity index (χ0) is 37.2. The standard InChI is InChI=1S/C35H44Cl2N6O6S2/c1-7-49-30-23-29(39(2)3)31(51(47,48)40(4)5)22-28(30)34-38-32(24-8-12-26(36)13-9-24)33(25-10-14-27(37)15-11-25)43(34)35(44)42-18-16-41(17-19-42)20-21-50(6,45)46/h8-15,22-23,32-33H,7,16-21H2,1-6H3/t32-,33+/m0/s1. The van der Waals surface area contributed by atoms with E-state index in [0.717, 1.165) is 15.4 Å². The normalized spacial score (nSPS) is 18.6. The first kappa shape index (κ1) is 38.8. The maximum absolute atomic E-state index is 15.0. The highest BCUT2D eigenvalue weighted by Crippen LogP contribution is 2.46. The number of rotatable bonds is 11. The Bertz CT molecular complexity index is 1980. The van der Waals surface area contributed by atoms with Gasteiger partial charge in [0.1, 0.15) is 32.4 Å². The molecule has 0 spiro atoms. The van der Waals surface area contributed by atoms with Gasteiger partial charge in [-0.05, 0) is 48.4 Å². The van der Waals surface area contributed by atoms with Crippen molar-refractivity contribution >= 4 is 60.6 Å². The molecule has 2 heterocycles. The highest BCUT2D eigenvalue weighted by molar-refractivity contribution is 7.90. The van der Waals surface area contributed by atoms with Crippen molar-refractivity contribution in [2.75, 3.05) is 84.4 Å². The van der Waals surface area contributed by atoms with Gasteiger partial charge in [0.2, 0.25) is 10.0 Å². The lowest BCUT2D eigenvalue weighted by atomic mass is 9.93. The fourth-order valence-electron chi connectivity index (χ4n) is 6.22. The van der Waals surface area contributed by atoms with Crippen LogP contribution in [0.1, 0.15) is 35.7 Å². The number of hydrogen-bond acceptors (Lipinski definition) is 9. The summed E-state index contributed by atoms with van der Waals surface area (Å²) in [7, 11) is -0.663. The van der Waals surface area contributed by atoms with Gasteiger partial charge in [-0.15, -0.1) is 0 Å². The first-order chi connectivity index (χ1) is 24.0. The molecule has 0 saturated carbocycles. The quantitative estimate of drug-likeness (QED) is 0.266. The Morgan fingerprint density at radius 3 is 1.96 bits per heavy atom. The molecule has 0 radical (unpaired) electrons. The lowest BCUT2D eigenvalue weighted by Gasteiger charge is -2.39. The Morgan fingerprint density at radius 2 is 1.45 bits per heavy atom. The van der Waals surface area contributed by atoms with E-state index in [4.69, 9.17) is 32.9 Å². The summed E-state index contributed by atoms with van der Waals surface area (Å²) >= 11 is 12.6. The topological polar surface area (TPSA) is 123 Å². The number of hydrogen-bond donors (Lipinski definition) is 0. The molecule has 276 valence electrons. The van der Waals surface area contributed by atoms with E-state index in [9.17, 15) is 21.6 Å². The van der Waals surface area contributed by atoms with Crippen LogP contribution in [0.3, 0.4) is 0 Å². The lowest BCUT2D eigenvalue weighted by molar-refractivity contribution is 0.122. The Hall–Kier alpha value is -3.40. The molecule has 16 heteroatoms. The summed E-state index contributed by atoms with van der Waals surface area (Å²) in [5, 5.41) is 1.07. The highest BCUT2D eigenvalue weighted by atomic mass is 35.5. The molecule has 3 aromatic rings. The monoisotopic (exact) mass is 778 g/mol. The van der Waals surface area contributed by atoms with Crippen molar-refractivity contribution < 1.29 is 26.4 Å². The van der Waals surface area contributed by atoms with Gasteiger partial charge in [-0.1, -0.05) is 47.5 Å². The van der Waals surface area contributed by atoms with Crippen LogP contribution >= 0.6 is 23.2 Å². The van der Waals surface area contributed by atoms with Crippen molar-refractivity contribution in [1.82, 2.24) is 19.0 Å². The molecule has 12 nitrogen and oxygen atoms in total. The minimum absolute atomic E-state index is 0.0310. The van der Waals surface area contributed by atoms with Gasteiger partial charge in [-0.25, -0.2) is 25.9 Å². The number of nitrogens with zero attached hydrogens (tertiary/aromatic N) is 6. The predicted molar refractivity (Wildman–Crippen MR) is 203 cm³/mol. The van der Waals surface area contributed by atoms with Gasteiger partial charge in [-0.3, -0.25) is 14.8 Å². The summed E-state index contributed by atoms with van der Waals surface area (Å²) in [5.74, 6) is 0.656. The van der Waals surface area contributed by atoms with Crippen LogP contribution in [0, 0.1) is 0 Å². The Kier molecular flexibility index (Phi) is 11.9. The smallest absolute Gasteiger partial charge is 0.326 e. The van der Waals surface area contributed by atoms with Crippen molar-refractivity contribution in [2.24, 2.45) is 4.99 Å². The maximum Gasteiger partial charge on any atom is 0.326 e. The minimum atomic E-state index is -3.97. The summed E-state index contributed by atoms with van der Waals surface area (Å²) in [6.45, 7) is 4.16. The van der Waals surface area contributed by atoms with Gasteiger partial charge >= 0.3 is 6.03 Å². The van der Waals surface area contributed by atoms with Gasteiger partial charge in [0.25, 0.3) is 0 Å². The van der Waals surface area contributed by atoms with Crippen molar-refractivity contribution in [1.29, 1.82) is 0 Å². The Morgan fingerprint density at radius 1 is 0.882 bits per heavy atom. The van der Waals surface area contributed by atoms with Crippen LogP contribution in [0.15, 0.2) is 70.6 Å². The van der Waals surface area contributed by atoms with Crippen LogP contribution in [-0.4, -0.2) is 127 Å². The molecule has 2 amide bonds. The number of carbonyl (C=O) groups excluding carboxylic acids is 1. The number of urea groups is 1. The number of aliphatic imine (C=N–C) groups is 1. The first-order valence-electron chi connectivity index (χ1n) is 16.5. The van der Waals surface area contributed by atoms with Gasteiger partial charge in [0, 0.05) is 83.3 Å². The minimum Gasteiger partial charge on any atom is -0.493 e. The maximum atomic E-state index is 15.0. The number of piperazine rings is 1. The van der Waals surface area contributed by atoms with Crippen LogP contribution < -0.4 is 9.64 Å². The number of amides is 2. The third-order valence-electron chi connectivity index (χ3n) is 8.96. The predicted octanol–water partition coefficient (Wildman–Crippen LogP) is 5.04. The van der Waals surface area contributed by atoms with E-state index in [2.05, 4.69) is 0 Å². The van der Waals surface area contributed by atoms with Crippen LogP contribution in [0.25, 0.3) is 0 Å². The van der Waals surface area contributed by atoms with Crippen LogP contribution in [0.5, 0.6) is 5.75 Å². The first-order valence-corrected chi connectivity index (χ1v) is 20.8. The number of carbonyl (C=O) groups is 1. The molecule has 0 aromatic heterocycles. The fourth-order valence-corrected chi connectivity index (χ4v) is 8.22. The van der Waals surface area contributed by atoms with Crippen molar-refractivity contribution in [2.45, 2.75) is 23.9 Å². The molecular weight excluding hydrogens is 735 g/mol. The average Bonchev–Trinajstić information content (AvgIpc) is 3.47. The molecule has 0 aliphatic carbocycles. The van der Waals surface area contributed by atoms with E-state index in [1.807, 2.05) is 36.1 Å². The molecule has 1 saturated heterocycles. The van der Waals surface area contributed by atoms with E-state index in [1.165, 1.54) is 20.4 Å². The van der Waals surface area contributed by atoms with Crippen molar-refractivity contribution in [3.8, 4) is 5.75 Å². The molecule has 3 aromatic carbocycles. The summed E-state index contributed by atoms with van der Waals surface area (Å²) in [6.07, 6.45) is 1.21. The number of ether oxygens (including phenoxy) is 1. The summed E-state index contributed by atoms with van der Waals surface area (Å²) < 4.78 is 58.6. The van der Waals surface area contributed by atoms with E-state index in [0.29, 0.717) is 59.8 Å². The number of anilines is 1. The molecule has 1 fully saturated rings. The number of halogens is 2. The summed E-state index contributed by atoms with van der Waals surface area (Å²) in [4.78, 5) is 27.3. The van der Waals surface area contributed by atoms with E-state index in [1.54, 1.807) is 65.2 Å². The zero-order valence-electron chi connectivity index (χ0n) is 29.6. The second-order valence-corrected chi connectivity index (χ2v) is 18.2. The van der Waals surface area contributed by atoms with E-state index in [-0.39, 0.29) is 29.1 Å². The SMILES string of the molecule is CCOc1cc(N(C)C)c(S(=O)(=O)N(C)C)cc1C1=N[C@@H](c2ccc(Cl)cc2)[C@@H](c2ccc(Cl)cc2)N1C(=O)N1CCN(CCS(C)(=O)=O)CC1. The third kappa shape index (κ3) is 8.64. The zero-order valence-corrected chi connectivity index (χ0v) is 32.7. The van der Waals surface area contributed by atoms with E-state index < -0.39 is 31.9 Å². The van der Waals surface area contributed by atoms with Crippen LogP contribution in [0.4, 0.5) is 10.5 Å².